The Morgan fingerprint density at radius 3 is 2.81 bits per heavy atom. The molecule has 2 aromatic heterocycles. The highest BCUT2D eigenvalue weighted by molar-refractivity contribution is 7.96. The molecule has 1 fully saturated rings. The summed E-state index contributed by atoms with van der Waals surface area (Å²) in [5.74, 6) is -0.416. The highest BCUT2D eigenvalue weighted by atomic mass is 32.2. The number of aromatic nitrogens is 4. The fourth-order valence-corrected chi connectivity index (χ4v) is 4.60. The van der Waals surface area contributed by atoms with Crippen molar-refractivity contribution in [2.45, 2.75) is 36.3 Å². The molecule has 12 heteroatoms. The first-order chi connectivity index (χ1) is 12.3. The van der Waals surface area contributed by atoms with Crippen molar-refractivity contribution in [2.24, 2.45) is 5.73 Å². The lowest BCUT2D eigenvalue weighted by Crippen LogP contribution is -2.39. The molecule has 1 aliphatic heterocycles. The molecule has 3 heterocycles. The fourth-order valence-electron chi connectivity index (χ4n) is 2.80. The number of ether oxygens (including phenoxy) is 1. The number of aliphatic hydroxyl groups is 2. The van der Waals surface area contributed by atoms with Gasteiger partial charge in [-0.1, -0.05) is 0 Å². The summed E-state index contributed by atoms with van der Waals surface area (Å²) in [5, 5.41) is 29.7. The predicted molar refractivity (Wildman–Crippen MR) is 94.0 cm³/mol. The number of nitrogens with zero attached hydrogens (tertiary/aromatic N) is 4. The van der Waals surface area contributed by atoms with Crippen LogP contribution in [0.3, 0.4) is 0 Å². The zero-order valence-electron chi connectivity index (χ0n) is 14.0. The van der Waals surface area contributed by atoms with Crippen molar-refractivity contribution in [1.82, 2.24) is 19.5 Å². The number of carbonyl (C=O) groups is 1. The number of aliphatic hydroxyl groups excluding tert-OH is 2. The lowest BCUT2D eigenvalue weighted by molar-refractivity contribution is -0.138. The van der Waals surface area contributed by atoms with Crippen LogP contribution in [-0.2, 0) is 20.4 Å². The lowest BCUT2D eigenvalue weighted by atomic mass is 10.2. The van der Waals surface area contributed by atoms with E-state index in [9.17, 15) is 15.0 Å². The third-order valence-corrected chi connectivity index (χ3v) is 6.38. The zero-order valence-corrected chi connectivity index (χ0v) is 14.8. The van der Waals surface area contributed by atoms with Gasteiger partial charge in [-0.25, -0.2) is 15.0 Å². The minimum Gasteiger partial charge on any atom is -0.480 e. The van der Waals surface area contributed by atoms with Crippen LogP contribution in [0.4, 0.5) is 5.82 Å². The van der Waals surface area contributed by atoms with Crippen LogP contribution in [-0.4, -0.2) is 76.5 Å². The molecule has 11 nitrogen and oxygen atoms in total. The van der Waals surface area contributed by atoms with Crippen molar-refractivity contribution in [1.29, 1.82) is 0 Å². The predicted octanol–water partition coefficient (Wildman–Crippen LogP) is -1.96. The van der Waals surface area contributed by atoms with E-state index in [2.05, 4.69) is 15.0 Å². The Bertz CT molecular complexity index is 803. The highest BCUT2D eigenvalue weighted by Crippen LogP contribution is 2.34. The van der Waals surface area contributed by atoms with E-state index in [1.54, 1.807) is 0 Å². The van der Waals surface area contributed by atoms with Crippen molar-refractivity contribution in [3.63, 3.8) is 0 Å². The minimum atomic E-state index is -1.20. The van der Waals surface area contributed by atoms with E-state index >= 15 is 0 Å². The van der Waals surface area contributed by atoms with Gasteiger partial charge in [-0.15, -0.1) is 0 Å². The van der Waals surface area contributed by atoms with Crippen molar-refractivity contribution in [2.75, 3.05) is 17.7 Å². The Morgan fingerprint density at radius 1 is 1.38 bits per heavy atom. The van der Waals surface area contributed by atoms with Gasteiger partial charge in [0.25, 0.3) is 0 Å². The van der Waals surface area contributed by atoms with Gasteiger partial charge < -0.3 is 31.5 Å². The Morgan fingerprint density at radius 2 is 2.12 bits per heavy atom. The number of nitrogen functional groups attached to an aromatic ring is 1. The second-order valence-corrected chi connectivity index (χ2v) is 8.34. The number of carboxylic acids is 1. The third kappa shape index (κ3) is 3.33. The molecular weight excluding hydrogens is 364 g/mol. The molecular formula is C14H21N6O5S+. The fraction of sp³-hybridized carbons (Fsp3) is 0.571. The number of hydrogen-bond acceptors (Lipinski definition) is 9. The molecule has 0 aromatic carbocycles. The maximum absolute atomic E-state index is 10.8. The third-order valence-electron chi connectivity index (χ3n) is 4.32. The molecule has 1 aliphatic rings. The number of nitrogens with two attached hydrogens (primary N) is 2. The van der Waals surface area contributed by atoms with Gasteiger partial charge in [0.1, 0.15) is 36.0 Å². The minimum absolute atomic E-state index is 0.205. The van der Waals surface area contributed by atoms with Crippen molar-refractivity contribution in [3.05, 3.63) is 12.7 Å². The summed E-state index contributed by atoms with van der Waals surface area (Å²) in [5.41, 5.74) is 11.4. The van der Waals surface area contributed by atoms with E-state index in [1.807, 2.05) is 6.26 Å². The zero-order chi connectivity index (χ0) is 19.0. The van der Waals surface area contributed by atoms with E-state index in [0.717, 1.165) is 0 Å². The van der Waals surface area contributed by atoms with Crippen LogP contribution in [0.2, 0.25) is 0 Å². The molecule has 1 unspecified atom stereocenters. The molecule has 0 aliphatic carbocycles. The summed E-state index contributed by atoms with van der Waals surface area (Å²) in [6, 6.07) is -0.971. The van der Waals surface area contributed by atoms with E-state index in [1.165, 1.54) is 17.2 Å². The van der Waals surface area contributed by atoms with Crippen LogP contribution in [0.25, 0.3) is 11.2 Å². The molecule has 0 saturated carbocycles. The maximum Gasteiger partial charge on any atom is 0.320 e. The van der Waals surface area contributed by atoms with E-state index in [4.69, 9.17) is 21.3 Å². The maximum atomic E-state index is 10.8. The highest BCUT2D eigenvalue weighted by Gasteiger charge is 2.51. The molecule has 0 radical (unpaired) electrons. The molecule has 2 aromatic rings. The molecule has 0 spiro atoms. The normalized spacial score (nSPS) is 28.3. The van der Waals surface area contributed by atoms with Crippen LogP contribution in [0, 0.1) is 0 Å². The number of rotatable bonds is 6. The van der Waals surface area contributed by atoms with Crippen molar-refractivity contribution in [3.8, 4) is 0 Å². The van der Waals surface area contributed by atoms with Crippen LogP contribution in [0.15, 0.2) is 12.7 Å². The standard InChI is InChI=1S/C14H20N6O5S/c1-26(3-2-6(15)13(23)24)14-9(22)8(21)12(25-14)20-5-19-7-10(16)17-4-18-11(7)20/h4-6,8-9,12,14,21-22H,2-3,15H2,1H3,(H2-,16,17,18,23,24)/p+1/t6-,8+,9-,12+,14+,26?/m0/s1. The van der Waals surface area contributed by atoms with Crippen LogP contribution < -0.4 is 11.5 Å². The first-order valence-electron chi connectivity index (χ1n) is 7.85. The second-order valence-electron chi connectivity index (χ2n) is 6.09. The van der Waals surface area contributed by atoms with Gasteiger partial charge in [-0.3, -0.25) is 9.36 Å². The number of aliphatic carboxylic acids is 1. The van der Waals surface area contributed by atoms with E-state index in [-0.39, 0.29) is 12.2 Å². The molecule has 6 atom stereocenters. The smallest absolute Gasteiger partial charge is 0.320 e. The van der Waals surface area contributed by atoms with Crippen molar-refractivity contribution >= 4 is 33.8 Å². The Balaban J connectivity index is 1.77. The first kappa shape index (κ1) is 18.8. The summed E-state index contributed by atoms with van der Waals surface area (Å²) in [7, 11) is -0.520. The summed E-state index contributed by atoms with van der Waals surface area (Å²) in [4.78, 5) is 22.9. The molecule has 0 bridgehead atoms. The van der Waals surface area contributed by atoms with Crippen molar-refractivity contribution < 1.29 is 24.9 Å². The van der Waals surface area contributed by atoms with E-state index < -0.39 is 46.8 Å². The molecule has 142 valence electrons. The van der Waals surface area contributed by atoms with Gasteiger partial charge >= 0.3 is 5.97 Å². The van der Waals surface area contributed by atoms with Gasteiger partial charge in [-0.2, -0.15) is 0 Å². The lowest BCUT2D eigenvalue weighted by Gasteiger charge is -2.16. The number of hydrogen-bond donors (Lipinski definition) is 5. The molecule has 3 rings (SSSR count). The summed E-state index contributed by atoms with van der Waals surface area (Å²) in [6.07, 6.45) is 1.57. The first-order valence-corrected chi connectivity index (χ1v) is 9.72. The number of anilines is 1. The van der Waals surface area contributed by atoms with Gasteiger partial charge in [0, 0.05) is 17.3 Å². The monoisotopic (exact) mass is 385 g/mol. The average molecular weight is 385 g/mol. The van der Waals surface area contributed by atoms with Gasteiger partial charge in [0.05, 0.1) is 6.33 Å². The number of imidazole rings is 1. The van der Waals surface area contributed by atoms with Crippen LogP contribution in [0.5, 0.6) is 0 Å². The largest absolute Gasteiger partial charge is 0.480 e. The van der Waals surface area contributed by atoms with Gasteiger partial charge in [0.15, 0.2) is 23.8 Å². The Kier molecular flexibility index (Phi) is 5.29. The SMILES string of the molecule is C[S+](CC[C@H](N)C(=O)O)[C@H]1O[C@@H](n2cnc3c(N)ncnc32)[C@H](O)[C@@H]1O. The topological polar surface area (TPSA) is 183 Å². The summed E-state index contributed by atoms with van der Waals surface area (Å²) >= 11 is 0. The summed E-state index contributed by atoms with van der Waals surface area (Å²) < 4.78 is 7.38. The number of fused-ring (bicyclic) bond motifs is 1. The Hall–Kier alpha value is -1.99. The van der Waals surface area contributed by atoms with Crippen LogP contribution in [0.1, 0.15) is 12.6 Å². The molecule has 0 amide bonds. The second kappa shape index (κ2) is 7.32. The van der Waals surface area contributed by atoms with E-state index in [0.29, 0.717) is 16.9 Å². The quantitative estimate of drug-likeness (QED) is 0.350. The number of carboxylic acid groups (broad SMARTS) is 1. The van der Waals surface area contributed by atoms with Gasteiger partial charge in [-0.05, 0) is 0 Å². The molecule has 26 heavy (non-hydrogen) atoms. The van der Waals surface area contributed by atoms with Crippen LogP contribution >= 0.6 is 0 Å². The average Bonchev–Trinajstić information content (AvgIpc) is 3.15. The molecule has 7 N–H and O–H groups in total. The van der Waals surface area contributed by atoms with Gasteiger partial charge in [0.2, 0.25) is 5.44 Å². The molecule has 1 saturated heterocycles. The summed E-state index contributed by atoms with van der Waals surface area (Å²) in [6.45, 7) is 0. The Labute approximate surface area is 151 Å².